The van der Waals surface area contributed by atoms with Gasteiger partial charge < -0.3 is 32.2 Å². The zero-order valence-electron chi connectivity index (χ0n) is 11.8. The fourth-order valence-corrected chi connectivity index (χ4v) is 1.18. The average molecular weight is 313 g/mol. The summed E-state index contributed by atoms with van der Waals surface area (Å²) in [5.74, 6) is -2.38. The fourth-order valence-electron chi connectivity index (χ4n) is 1.18. The third kappa shape index (κ3) is 8.64. The number of benzene rings is 1. The van der Waals surface area contributed by atoms with Gasteiger partial charge in [-0.15, -0.1) is 0 Å². The predicted molar refractivity (Wildman–Crippen MR) is 76.6 cm³/mol. The number of phenolic OH excluding ortho intramolecular Hbond substituents is 1. The van der Waals surface area contributed by atoms with Crippen molar-refractivity contribution >= 4 is 17.9 Å². The summed E-state index contributed by atoms with van der Waals surface area (Å²) in [6.07, 6.45) is 0.273. The fraction of sp³-hybridized carbons (Fsp3) is 0.308. The van der Waals surface area contributed by atoms with Crippen LogP contribution in [0.5, 0.6) is 5.75 Å². The van der Waals surface area contributed by atoms with Gasteiger partial charge in [0.15, 0.2) is 0 Å². The molecule has 8 N–H and O–H groups in total. The highest BCUT2D eigenvalue weighted by molar-refractivity contribution is 5.87. The maximum absolute atomic E-state index is 10.4. The highest BCUT2D eigenvalue weighted by atomic mass is 16.6. The predicted octanol–water partition coefficient (Wildman–Crippen LogP) is -1.68. The smallest absolute Gasteiger partial charge is 0.327 e. The zero-order chi connectivity index (χ0) is 17.1. The van der Waals surface area contributed by atoms with Crippen LogP contribution < -0.4 is 17.2 Å². The minimum Gasteiger partial charge on any atom is -0.508 e. The Morgan fingerprint density at radius 2 is 1.50 bits per heavy atom. The molecule has 0 aliphatic carbocycles. The molecule has 0 aliphatic rings. The second kappa shape index (κ2) is 10.3. The highest BCUT2D eigenvalue weighted by Crippen LogP contribution is 2.10. The summed E-state index contributed by atoms with van der Waals surface area (Å²) in [7, 11) is 0. The second-order valence-electron chi connectivity index (χ2n) is 4.07. The molecule has 1 aromatic carbocycles. The lowest BCUT2D eigenvalue weighted by atomic mass is 10.1. The number of hydrogen-bond acceptors (Lipinski definition) is 8. The van der Waals surface area contributed by atoms with Crippen LogP contribution in [-0.4, -0.2) is 47.3 Å². The molecular weight excluding hydrogens is 294 g/mol. The number of phenols is 1. The first-order valence-corrected chi connectivity index (χ1v) is 6.20. The van der Waals surface area contributed by atoms with Gasteiger partial charge in [-0.2, -0.15) is 0 Å². The summed E-state index contributed by atoms with van der Waals surface area (Å²) in [6, 6.07) is 5.42. The van der Waals surface area contributed by atoms with Gasteiger partial charge in [-0.25, -0.2) is 0 Å². The van der Waals surface area contributed by atoms with Crippen LogP contribution in [0.25, 0.3) is 0 Å². The number of carboxylic acids is 1. The molecular formula is C13H19N3O6. The Balaban J connectivity index is 0.000000433. The average Bonchev–Trinajstić information content (AvgIpc) is 2.49. The number of carbonyl (C=O) groups excluding carboxylic acids is 2. The Kier molecular flexibility index (Phi) is 9.11. The van der Waals surface area contributed by atoms with Crippen molar-refractivity contribution in [3.05, 3.63) is 29.8 Å². The summed E-state index contributed by atoms with van der Waals surface area (Å²) in [5, 5.41) is 17.5. The Bertz CT molecular complexity index is 489. The number of carboxylic acid groups (broad SMARTS) is 1. The van der Waals surface area contributed by atoms with Crippen LogP contribution in [-0.2, 0) is 25.5 Å². The Labute approximate surface area is 126 Å². The third-order valence-corrected chi connectivity index (χ3v) is 2.27. The van der Waals surface area contributed by atoms with E-state index in [9.17, 15) is 14.4 Å². The minimum atomic E-state index is -1.02. The Morgan fingerprint density at radius 1 is 1.05 bits per heavy atom. The number of hydrogen-bond donors (Lipinski definition) is 5. The van der Waals surface area contributed by atoms with E-state index in [0.717, 1.165) is 5.56 Å². The number of rotatable bonds is 5. The van der Waals surface area contributed by atoms with E-state index in [1.54, 1.807) is 12.1 Å². The van der Waals surface area contributed by atoms with Crippen molar-refractivity contribution in [1.29, 1.82) is 0 Å². The monoisotopic (exact) mass is 313 g/mol. The van der Waals surface area contributed by atoms with E-state index in [1.165, 1.54) is 12.1 Å². The van der Waals surface area contributed by atoms with E-state index < -0.39 is 23.9 Å². The maximum Gasteiger partial charge on any atom is 0.327 e. The molecule has 9 nitrogen and oxygen atoms in total. The van der Waals surface area contributed by atoms with Crippen molar-refractivity contribution in [3.63, 3.8) is 0 Å². The summed E-state index contributed by atoms with van der Waals surface area (Å²) < 4.78 is 4.02. The first-order chi connectivity index (χ1) is 10.3. The standard InChI is InChI=1S/C9H11NO3.C4H8N2O3/c10-8(9(12)13)5-6-1-3-7(11)4-2-6;5-1-3(7)9-4(8)2-6/h1-4,8,11H,5,10H2,(H,12,13);1-2,5-6H2/t8-;/m0./s1. The number of carbonyl (C=O) groups is 3. The van der Waals surface area contributed by atoms with Gasteiger partial charge in [-0.1, -0.05) is 12.1 Å². The molecule has 0 bridgehead atoms. The van der Waals surface area contributed by atoms with E-state index in [4.69, 9.17) is 27.4 Å². The van der Waals surface area contributed by atoms with Gasteiger partial charge in [-0.3, -0.25) is 14.4 Å². The molecule has 22 heavy (non-hydrogen) atoms. The first-order valence-electron chi connectivity index (χ1n) is 6.20. The second-order valence-corrected chi connectivity index (χ2v) is 4.07. The molecule has 0 saturated heterocycles. The topological polar surface area (TPSA) is 179 Å². The van der Waals surface area contributed by atoms with E-state index >= 15 is 0 Å². The first kappa shape index (κ1) is 19.5. The number of aliphatic carboxylic acids is 1. The molecule has 0 heterocycles. The van der Waals surface area contributed by atoms with E-state index in [1.807, 2.05) is 0 Å². The summed E-state index contributed by atoms with van der Waals surface area (Å²) >= 11 is 0. The van der Waals surface area contributed by atoms with Crippen LogP contribution in [0.2, 0.25) is 0 Å². The summed E-state index contributed by atoms with van der Waals surface area (Å²) in [6.45, 7) is -0.600. The molecule has 1 atom stereocenters. The number of esters is 2. The summed E-state index contributed by atoms with van der Waals surface area (Å²) in [4.78, 5) is 30.7. The van der Waals surface area contributed by atoms with Crippen LogP contribution >= 0.6 is 0 Å². The van der Waals surface area contributed by atoms with E-state index in [-0.39, 0.29) is 25.3 Å². The lowest BCUT2D eigenvalue weighted by Gasteiger charge is -2.05. The molecule has 9 heteroatoms. The number of aromatic hydroxyl groups is 1. The molecule has 0 spiro atoms. The van der Waals surface area contributed by atoms with E-state index in [0.29, 0.717) is 0 Å². The lowest BCUT2D eigenvalue weighted by Crippen LogP contribution is -2.32. The lowest BCUT2D eigenvalue weighted by molar-refractivity contribution is -0.157. The molecule has 0 saturated carbocycles. The maximum atomic E-state index is 10.4. The zero-order valence-corrected chi connectivity index (χ0v) is 11.8. The van der Waals surface area contributed by atoms with Gasteiger partial charge in [0.05, 0.1) is 13.1 Å². The SMILES string of the molecule is NCC(=O)OC(=O)CN.N[C@@H](Cc1ccc(O)cc1)C(=O)O. The largest absolute Gasteiger partial charge is 0.508 e. The Hall–Kier alpha value is -2.49. The Morgan fingerprint density at radius 3 is 1.86 bits per heavy atom. The number of nitrogens with two attached hydrogens (primary N) is 3. The van der Waals surface area contributed by atoms with Crippen LogP contribution in [0.1, 0.15) is 5.56 Å². The van der Waals surface area contributed by atoms with Gasteiger partial charge in [0.1, 0.15) is 11.8 Å². The van der Waals surface area contributed by atoms with Crippen molar-refractivity contribution in [3.8, 4) is 5.75 Å². The van der Waals surface area contributed by atoms with E-state index in [2.05, 4.69) is 4.74 Å². The normalized spacial score (nSPS) is 10.9. The van der Waals surface area contributed by atoms with Gasteiger partial charge in [0, 0.05) is 0 Å². The van der Waals surface area contributed by atoms with Crippen molar-refractivity contribution in [2.45, 2.75) is 12.5 Å². The van der Waals surface area contributed by atoms with Crippen molar-refractivity contribution in [2.24, 2.45) is 17.2 Å². The van der Waals surface area contributed by atoms with Crippen molar-refractivity contribution in [2.75, 3.05) is 13.1 Å². The molecule has 0 amide bonds. The van der Waals surface area contributed by atoms with Crippen LogP contribution in [0.4, 0.5) is 0 Å². The van der Waals surface area contributed by atoms with Crippen molar-refractivity contribution in [1.82, 2.24) is 0 Å². The van der Waals surface area contributed by atoms with Gasteiger partial charge in [0.2, 0.25) is 0 Å². The molecule has 122 valence electrons. The molecule has 0 unspecified atom stereocenters. The molecule has 0 aromatic heterocycles. The van der Waals surface area contributed by atoms with Gasteiger partial charge >= 0.3 is 17.9 Å². The molecule has 0 aliphatic heterocycles. The minimum absolute atomic E-state index is 0.160. The number of ether oxygens (including phenoxy) is 1. The third-order valence-electron chi connectivity index (χ3n) is 2.27. The van der Waals surface area contributed by atoms with Gasteiger partial charge in [0.25, 0.3) is 0 Å². The molecule has 0 radical (unpaired) electrons. The summed E-state index contributed by atoms with van der Waals surface area (Å²) in [5.41, 5.74) is 15.7. The molecule has 1 aromatic rings. The highest BCUT2D eigenvalue weighted by Gasteiger charge is 2.11. The van der Waals surface area contributed by atoms with Crippen LogP contribution in [0.15, 0.2) is 24.3 Å². The van der Waals surface area contributed by atoms with Crippen LogP contribution in [0, 0.1) is 0 Å². The van der Waals surface area contributed by atoms with Crippen molar-refractivity contribution < 1.29 is 29.3 Å². The quantitative estimate of drug-likeness (QED) is 0.313. The molecule has 1 rings (SSSR count). The van der Waals surface area contributed by atoms with Crippen LogP contribution in [0.3, 0.4) is 0 Å². The molecule has 0 fully saturated rings. The van der Waals surface area contributed by atoms with Gasteiger partial charge in [-0.05, 0) is 24.1 Å².